The molecular weight excluding hydrogens is 290 g/mol. The second kappa shape index (κ2) is 5.53. The van der Waals surface area contributed by atoms with Crippen molar-refractivity contribution in [2.45, 2.75) is 19.8 Å². The number of carbonyl (C=O) groups excluding carboxylic acids is 1. The zero-order chi connectivity index (χ0) is 15.0. The first kappa shape index (κ1) is 14.1. The molecule has 0 spiro atoms. The van der Waals surface area contributed by atoms with Gasteiger partial charge in [-0.3, -0.25) is 4.79 Å². The maximum Gasteiger partial charge on any atom is 0.349 e. The molecule has 2 heterocycles. The Kier molecular flexibility index (Phi) is 3.72. The van der Waals surface area contributed by atoms with Gasteiger partial charge < -0.3 is 9.32 Å². The maximum absolute atomic E-state index is 12.0. The number of carbonyl (C=O) groups is 1. The minimum Gasteiger partial charge on any atom is -0.422 e. The molecule has 4 nitrogen and oxygen atoms in total. The molecule has 1 aromatic carbocycles. The Hall–Kier alpha value is -1.81. The number of aldehydes is 1. The highest BCUT2D eigenvalue weighted by atomic mass is 35.5. The van der Waals surface area contributed by atoms with Crippen molar-refractivity contribution in [1.82, 2.24) is 0 Å². The molecule has 0 aliphatic carbocycles. The average Bonchev–Trinajstić information content (AvgIpc) is 2.47. The van der Waals surface area contributed by atoms with E-state index < -0.39 is 5.63 Å². The van der Waals surface area contributed by atoms with Gasteiger partial charge in [0.25, 0.3) is 0 Å². The smallest absolute Gasteiger partial charge is 0.349 e. The van der Waals surface area contributed by atoms with E-state index in [1.807, 2.05) is 0 Å². The molecule has 3 rings (SSSR count). The largest absolute Gasteiger partial charge is 0.422 e. The van der Waals surface area contributed by atoms with Gasteiger partial charge in [0, 0.05) is 23.5 Å². The summed E-state index contributed by atoms with van der Waals surface area (Å²) >= 11 is 6.06. The van der Waals surface area contributed by atoms with Gasteiger partial charge in [-0.2, -0.15) is 0 Å². The Balaban J connectivity index is 2.24. The fourth-order valence-corrected chi connectivity index (χ4v) is 3.02. The van der Waals surface area contributed by atoms with Crippen LogP contribution in [-0.2, 0) is 0 Å². The molecule has 1 saturated heterocycles. The van der Waals surface area contributed by atoms with E-state index in [1.165, 1.54) is 0 Å². The minimum atomic E-state index is -0.589. The SMILES string of the molecule is CC1CCN(c2c(C=O)c(=O)oc3ccc(Cl)cc23)CC1. The normalized spacial score (nSPS) is 16.4. The van der Waals surface area contributed by atoms with Crippen LogP contribution >= 0.6 is 11.6 Å². The number of fused-ring (bicyclic) bond motifs is 1. The van der Waals surface area contributed by atoms with E-state index in [0.29, 0.717) is 28.5 Å². The quantitative estimate of drug-likeness (QED) is 0.629. The Morgan fingerprint density at radius 1 is 1.33 bits per heavy atom. The highest BCUT2D eigenvalue weighted by molar-refractivity contribution is 6.31. The number of benzene rings is 1. The van der Waals surface area contributed by atoms with E-state index in [-0.39, 0.29) is 5.56 Å². The number of rotatable bonds is 2. The molecular formula is C16H16ClNO3. The van der Waals surface area contributed by atoms with E-state index >= 15 is 0 Å². The van der Waals surface area contributed by atoms with E-state index in [1.54, 1.807) is 18.2 Å². The van der Waals surface area contributed by atoms with Crippen LogP contribution in [0.3, 0.4) is 0 Å². The molecule has 110 valence electrons. The van der Waals surface area contributed by atoms with Crippen LogP contribution in [-0.4, -0.2) is 19.4 Å². The Morgan fingerprint density at radius 2 is 2.05 bits per heavy atom. The van der Waals surface area contributed by atoms with Crippen molar-refractivity contribution in [2.75, 3.05) is 18.0 Å². The number of halogens is 1. The van der Waals surface area contributed by atoms with Gasteiger partial charge in [0.05, 0.1) is 5.69 Å². The summed E-state index contributed by atoms with van der Waals surface area (Å²) in [6.45, 7) is 3.87. The van der Waals surface area contributed by atoms with Gasteiger partial charge in [-0.15, -0.1) is 0 Å². The third kappa shape index (κ3) is 2.56. The third-order valence-electron chi connectivity index (χ3n) is 4.09. The van der Waals surface area contributed by atoms with Crippen LogP contribution in [0.15, 0.2) is 27.4 Å². The first-order valence-corrected chi connectivity index (χ1v) is 7.44. The second-order valence-corrected chi connectivity index (χ2v) is 6.02. The second-order valence-electron chi connectivity index (χ2n) is 5.58. The van der Waals surface area contributed by atoms with E-state index in [9.17, 15) is 9.59 Å². The molecule has 0 saturated carbocycles. The van der Waals surface area contributed by atoms with Crippen molar-refractivity contribution in [3.05, 3.63) is 39.2 Å². The number of hydrogen-bond donors (Lipinski definition) is 0. The predicted molar refractivity (Wildman–Crippen MR) is 83.5 cm³/mol. The number of hydrogen-bond acceptors (Lipinski definition) is 4. The summed E-state index contributed by atoms with van der Waals surface area (Å²) in [7, 11) is 0. The highest BCUT2D eigenvalue weighted by Gasteiger charge is 2.23. The van der Waals surface area contributed by atoms with Gasteiger partial charge in [-0.25, -0.2) is 4.79 Å². The summed E-state index contributed by atoms with van der Waals surface area (Å²) in [6, 6.07) is 5.10. The first-order valence-electron chi connectivity index (χ1n) is 7.06. The zero-order valence-corrected chi connectivity index (χ0v) is 12.5. The molecule has 0 amide bonds. The summed E-state index contributed by atoms with van der Waals surface area (Å²) < 4.78 is 5.22. The van der Waals surface area contributed by atoms with Crippen LogP contribution in [0.4, 0.5) is 5.69 Å². The molecule has 2 aromatic rings. The van der Waals surface area contributed by atoms with Crippen LogP contribution < -0.4 is 10.5 Å². The monoisotopic (exact) mass is 305 g/mol. The summed E-state index contributed by atoms with van der Waals surface area (Å²) in [5.74, 6) is 0.663. The minimum absolute atomic E-state index is 0.0827. The lowest BCUT2D eigenvalue weighted by Gasteiger charge is -2.33. The molecule has 0 atom stereocenters. The van der Waals surface area contributed by atoms with Gasteiger partial charge in [-0.05, 0) is 37.0 Å². The molecule has 0 bridgehead atoms. The lowest BCUT2D eigenvalue weighted by atomic mass is 9.97. The number of anilines is 1. The zero-order valence-electron chi connectivity index (χ0n) is 11.8. The van der Waals surface area contributed by atoms with Crippen LogP contribution in [0, 0.1) is 5.92 Å². The van der Waals surface area contributed by atoms with Crippen LogP contribution in [0.25, 0.3) is 11.0 Å². The predicted octanol–water partition coefficient (Wildman–Crippen LogP) is 3.50. The molecule has 1 aromatic heterocycles. The van der Waals surface area contributed by atoms with Crippen LogP contribution in [0.2, 0.25) is 5.02 Å². The highest BCUT2D eigenvalue weighted by Crippen LogP contribution is 2.32. The third-order valence-corrected chi connectivity index (χ3v) is 4.33. The van der Waals surface area contributed by atoms with Gasteiger partial charge in [0.15, 0.2) is 6.29 Å². The lowest BCUT2D eigenvalue weighted by Crippen LogP contribution is -2.34. The topological polar surface area (TPSA) is 50.5 Å². The van der Waals surface area contributed by atoms with Gasteiger partial charge in [0.2, 0.25) is 0 Å². The van der Waals surface area contributed by atoms with Gasteiger partial charge >= 0.3 is 5.63 Å². The molecule has 1 aliphatic rings. The summed E-state index contributed by atoms with van der Waals surface area (Å²) in [5, 5.41) is 1.28. The van der Waals surface area contributed by atoms with Crippen LogP contribution in [0.1, 0.15) is 30.1 Å². The number of piperidine rings is 1. The first-order chi connectivity index (χ1) is 10.1. The maximum atomic E-state index is 12.0. The molecule has 0 N–H and O–H groups in total. The van der Waals surface area contributed by atoms with Crippen molar-refractivity contribution >= 4 is 34.5 Å². The summed E-state index contributed by atoms with van der Waals surface area (Å²) in [4.78, 5) is 25.5. The Morgan fingerprint density at radius 3 is 2.71 bits per heavy atom. The lowest BCUT2D eigenvalue weighted by molar-refractivity contribution is 0.112. The van der Waals surface area contributed by atoms with Crippen molar-refractivity contribution in [3.8, 4) is 0 Å². The van der Waals surface area contributed by atoms with Gasteiger partial charge in [0.1, 0.15) is 11.1 Å². The van der Waals surface area contributed by atoms with E-state index in [2.05, 4.69) is 11.8 Å². The molecule has 1 aliphatic heterocycles. The molecule has 0 radical (unpaired) electrons. The van der Waals surface area contributed by atoms with Gasteiger partial charge in [-0.1, -0.05) is 18.5 Å². The Bertz CT molecular complexity index is 745. The van der Waals surface area contributed by atoms with Crippen molar-refractivity contribution in [2.24, 2.45) is 5.92 Å². The van der Waals surface area contributed by atoms with Crippen molar-refractivity contribution in [1.29, 1.82) is 0 Å². The van der Waals surface area contributed by atoms with E-state index in [4.69, 9.17) is 16.0 Å². The number of nitrogens with zero attached hydrogens (tertiary/aromatic N) is 1. The fourth-order valence-electron chi connectivity index (χ4n) is 2.85. The summed E-state index contributed by atoms with van der Waals surface area (Å²) in [5.41, 5.74) is 0.613. The van der Waals surface area contributed by atoms with Crippen molar-refractivity contribution < 1.29 is 9.21 Å². The van der Waals surface area contributed by atoms with Crippen molar-refractivity contribution in [3.63, 3.8) is 0 Å². The standard InChI is InChI=1S/C16H16ClNO3/c1-10-4-6-18(7-5-10)15-12-8-11(17)2-3-14(12)21-16(20)13(15)9-19/h2-3,8-10H,4-7H2,1H3. The fraction of sp³-hybridized carbons (Fsp3) is 0.375. The molecule has 21 heavy (non-hydrogen) atoms. The molecule has 1 fully saturated rings. The molecule has 5 heteroatoms. The van der Waals surface area contributed by atoms with Crippen LogP contribution in [0.5, 0.6) is 0 Å². The Labute approximate surface area is 127 Å². The van der Waals surface area contributed by atoms with E-state index in [0.717, 1.165) is 31.3 Å². The molecule has 0 unspecified atom stereocenters. The summed E-state index contributed by atoms with van der Waals surface area (Å²) in [6.07, 6.45) is 2.67. The average molecular weight is 306 g/mol.